The van der Waals surface area contributed by atoms with Gasteiger partial charge in [-0.25, -0.2) is 0 Å². The van der Waals surface area contributed by atoms with Crippen molar-refractivity contribution in [3.63, 3.8) is 0 Å². The van der Waals surface area contributed by atoms with Crippen LogP contribution in [0.4, 0.5) is 11.4 Å². The number of carbonyl (C=O) groups excluding carboxylic acids is 1. The van der Waals surface area contributed by atoms with Crippen LogP contribution in [0.5, 0.6) is 0 Å². The lowest BCUT2D eigenvalue weighted by atomic mass is 10.0. The molecule has 0 radical (unpaired) electrons. The van der Waals surface area contributed by atoms with E-state index in [1.165, 1.54) is 22.6 Å². The van der Waals surface area contributed by atoms with Crippen molar-refractivity contribution in [2.24, 2.45) is 0 Å². The summed E-state index contributed by atoms with van der Waals surface area (Å²) < 4.78 is 0. The van der Waals surface area contributed by atoms with E-state index in [0.717, 1.165) is 13.0 Å². The number of amides is 1. The van der Waals surface area contributed by atoms with Crippen LogP contribution in [0.1, 0.15) is 23.4 Å². The molecule has 2 aromatic rings. The van der Waals surface area contributed by atoms with Gasteiger partial charge in [-0.15, -0.1) is 11.3 Å². The molecule has 3 rings (SSSR count). The second kappa shape index (κ2) is 6.88. The highest BCUT2D eigenvalue weighted by atomic mass is 35.5. The summed E-state index contributed by atoms with van der Waals surface area (Å²) in [7, 11) is 0. The van der Waals surface area contributed by atoms with Gasteiger partial charge in [-0.05, 0) is 42.5 Å². The van der Waals surface area contributed by atoms with Gasteiger partial charge in [-0.1, -0.05) is 11.6 Å². The number of nitro groups is 1. The predicted molar refractivity (Wildman–Crippen MR) is 94.7 cm³/mol. The lowest BCUT2D eigenvalue weighted by Gasteiger charge is -2.32. The Balaban J connectivity index is 1.66. The number of fused-ring (bicyclic) bond motifs is 1. The number of thiophene rings is 1. The summed E-state index contributed by atoms with van der Waals surface area (Å²) in [5.41, 5.74) is 1.43. The van der Waals surface area contributed by atoms with Crippen molar-refractivity contribution < 1.29 is 9.72 Å². The molecule has 0 saturated heterocycles. The average molecular weight is 366 g/mol. The maximum Gasteiger partial charge on any atom is 0.289 e. The molecule has 1 N–H and O–H groups in total. The van der Waals surface area contributed by atoms with E-state index in [-0.39, 0.29) is 29.2 Å². The Morgan fingerprint density at radius 2 is 2.29 bits per heavy atom. The lowest BCUT2D eigenvalue weighted by molar-refractivity contribution is -0.384. The summed E-state index contributed by atoms with van der Waals surface area (Å²) in [6.07, 6.45) is 0.942. The van der Waals surface area contributed by atoms with E-state index in [2.05, 4.69) is 28.6 Å². The lowest BCUT2D eigenvalue weighted by Crippen LogP contribution is -2.39. The molecule has 0 fully saturated rings. The van der Waals surface area contributed by atoms with E-state index in [1.807, 2.05) is 0 Å². The average Bonchev–Trinajstić information content (AvgIpc) is 3.01. The molecule has 1 aliphatic heterocycles. The van der Waals surface area contributed by atoms with E-state index in [4.69, 9.17) is 11.6 Å². The maximum absolute atomic E-state index is 12.3. The van der Waals surface area contributed by atoms with Crippen LogP contribution in [-0.2, 0) is 11.2 Å². The van der Waals surface area contributed by atoms with Crippen LogP contribution in [0.25, 0.3) is 0 Å². The van der Waals surface area contributed by atoms with Crippen LogP contribution in [0.15, 0.2) is 29.6 Å². The third kappa shape index (κ3) is 3.43. The van der Waals surface area contributed by atoms with E-state index in [9.17, 15) is 14.9 Å². The summed E-state index contributed by atoms with van der Waals surface area (Å²) >= 11 is 7.53. The topological polar surface area (TPSA) is 75.5 Å². The standard InChI is InChI=1S/C16H16ClN3O3S/c1-10-12-5-7-24-15(12)4-6-19(10)9-16(21)18-11-2-3-13(17)14(8-11)20(22)23/h2-3,5,7-8,10H,4,6,9H2,1H3,(H,18,21). The Kier molecular flexibility index (Phi) is 4.84. The molecule has 6 nitrogen and oxygen atoms in total. The quantitative estimate of drug-likeness (QED) is 0.659. The van der Waals surface area contributed by atoms with Gasteiger partial charge in [-0.3, -0.25) is 19.8 Å². The minimum Gasteiger partial charge on any atom is -0.325 e. The monoisotopic (exact) mass is 365 g/mol. The van der Waals surface area contributed by atoms with Gasteiger partial charge in [0.05, 0.1) is 11.5 Å². The normalized spacial score (nSPS) is 17.3. The molecule has 1 unspecified atom stereocenters. The molecule has 8 heteroatoms. The first-order valence-electron chi connectivity index (χ1n) is 7.50. The van der Waals surface area contributed by atoms with E-state index in [0.29, 0.717) is 5.69 Å². The molecule has 1 aromatic heterocycles. The molecule has 2 heterocycles. The molecule has 126 valence electrons. The van der Waals surface area contributed by atoms with Gasteiger partial charge in [-0.2, -0.15) is 0 Å². The maximum atomic E-state index is 12.3. The highest BCUT2D eigenvalue weighted by Gasteiger charge is 2.26. The Hall–Kier alpha value is -1.96. The van der Waals surface area contributed by atoms with Crippen molar-refractivity contribution in [3.05, 3.63) is 55.2 Å². The number of nitro benzene ring substituents is 1. The number of benzene rings is 1. The van der Waals surface area contributed by atoms with Crippen LogP contribution >= 0.6 is 22.9 Å². The minimum absolute atomic E-state index is 0.0487. The Labute approximate surface area is 148 Å². The number of carbonyl (C=O) groups is 1. The molecule has 1 aliphatic rings. The fourth-order valence-electron chi connectivity index (χ4n) is 2.89. The Morgan fingerprint density at radius 3 is 3.04 bits per heavy atom. The summed E-state index contributed by atoms with van der Waals surface area (Å²) in [5.74, 6) is -0.197. The van der Waals surface area contributed by atoms with Crippen LogP contribution in [-0.4, -0.2) is 28.8 Å². The van der Waals surface area contributed by atoms with Gasteiger partial charge in [0.1, 0.15) is 5.02 Å². The summed E-state index contributed by atoms with van der Waals surface area (Å²) in [6.45, 7) is 3.15. The second-order valence-electron chi connectivity index (χ2n) is 5.67. The first kappa shape index (κ1) is 16.9. The minimum atomic E-state index is -0.567. The number of rotatable bonds is 4. The van der Waals surface area contributed by atoms with Gasteiger partial charge in [0.15, 0.2) is 0 Å². The molecule has 0 spiro atoms. The van der Waals surface area contributed by atoms with Crippen molar-refractivity contribution in [2.45, 2.75) is 19.4 Å². The third-order valence-electron chi connectivity index (χ3n) is 4.18. The number of hydrogen-bond donors (Lipinski definition) is 1. The van der Waals surface area contributed by atoms with Gasteiger partial charge in [0.25, 0.3) is 5.69 Å². The number of hydrogen-bond acceptors (Lipinski definition) is 5. The van der Waals surface area contributed by atoms with Crippen LogP contribution in [0.2, 0.25) is 5.02 Å². The highest BCUT2D eigenvalue weighted by Crippen LogP contribution is 2.32. The van der Waals surface area contributed by atoms with Crippen LogP contribution < -0.4 is 5.32 Å². The van der Waals surface area contributed by atoms with Gasteiger partial charge >= 0.3 is 0 Å². The first-order chi connectivity index (χ1) is 11.5. The molecular formula is C16H16ClN3O3S. The van der Waals surface area contributed by atoms with E-state index >= 15 is 0 Å². The predicted octanol–water partition coefficient (Wildman–Crippen LogP) is 3.87. The van der Waals surface area contributed by atoms with Crippen molar-refractivity contribution in [1.82, 2.24) is 4.90 Å². The van der Waals surface area contributed by atoms with Crippen molar-refractivity contribution in [2.75, 3.05) is 18.4 Å². The number of halogens is 1. The molecule has 0 saturated carbocycles. The fourth-order valence-corrected chi connectivity index (χ4v) is 4.04. The summed E-state index contributed by atoms with van der Waals surface area (Å²) in [6, 6.07) is 6.54. The second-order valence-corrected chi connectivity index (χ2v) is 7.07. The zero-order valence-corrected chi connectivity index (χ0v) is 14.6. The van der Waals surface area contributed by atoms with E-state index < -0.39 is 4.92 Å². The van der Waals surface area contributed by atoms with Crippen molar-refractivity contribution >= 4 is 40.2 Å². The number of nitrogens with zero attached hydrogens (tertiary/aromatic N) is 2. The molecule has 24 heavy (non-hydrogen) atoms. The summed E-state index contributed by atoms with van der Waals surface area (Å²) in [5, 5.41) is 15.8. The van der Waals surface area contributed by atoms with Crippen LogP contribution in [0, 0.1) is 10.1 Å². The summed E-state index contributed by atoms with van der Waals surface area (Å²) in [4.78, 5) is 26.1. The largest absolute Gasteiger partial charge is 0.325 e. The van der Waals surface area contributed by atoms with Gasteiger partial charge in [0.2, 0.25) is 5.91 Å². The number of nitrogens with one attached hydrogen (secondary N) is 1. The zero-order valence-electron chi connectivity index (χ0n) is 13.0. The molecule has 1 aromatic carbocycles. The number of anilines is 1. The molecular weight excluding hydrogens is 350 g/mol. The first-order valence-corrected chi connectivity index (χ1v) is 8.75. The van der Waals surface area contributed by atoms with E-state index in [1.54, 1.807) is 17.4 Å². The molecule has 0 bridgehead atoms. The fraction of sp³-hybridized carbons (Fsp3) is 0.312. The third-order valence-corrected chi connectivity index (χ3v) is 5.49. The molecule has 1 atom stereocenters. The van der Waals surface area contributed by atoms with Crippen molar-refractivity contribution in [3.8, 4) is 0 Å². The Morgan fingerprint density at radius 1 is 1.50 bits per heavy atom. The van der Waals surface area contributed by atoms with Gasteiger partial charge in [0, 0.05) is 29.2 Å². The molecule has 1 amide bonds. The van der Waals surface area contributed by atoms with Crippen LogP contribution in [0.3, 0.4) is 0 Å². The van der Waals surface area contributed by atoms with Gasteiger partial charge < -0.3 is 5.32 Å². The smallest absolute Gasteiger partial charge is 0.289 e. The highest BCUT2D eigenvalue weighted by molar-refractivity contribution is 7.10. The Bertz CT molecular complexity index is 793. The zero-order chi connectivity index (χ0) is 17.3. The van der Waals surface area contributed by atoms with Crippen molar-refractivity contribution in [1.29, 1.82) is 0 Å². The SMILES string of the molecule is CC1c2ccsc2CCN1CC(=O)Nc1ccc(Cl)c([N+](=O)[O-])c1. The molecule has 0 aliphatic carbocycles.